The molecule has 1 saturated carbocycles. The van der Waals surface area contributed by atoms with Crippen LogP contribution < -0.4 is 0 Å². The van der Waals surface area contributed by atoms with Gasteiger partial charge in [0.15, 0.2) is 5.90 Å². The zero-order valence-electron chi connectivity index (χ0n) is 6.97. The summed E-state index contributed by atoms with van der Waals surface area (Å²) < 4.78 is 5.28. The summed E-state index contributed by atoms with van der Waals surface area (Å²) in [6.45, 7) is 0. The Balaban J connectivity index is 2.07. The average Bonchev–Trinajstić information content (AvgIpc) is 2.82. The van der Waals surface area contributed by atoms with Crippen molar-refractivity contribution in [3.8, 4) is 0 Å². The lowest BCUT2D eigenvalue weighted by atomic mass is 10.2. The first-order chi connectivity index (χ1) is 5.90. The van der Waals surface area contributed by atoms with Crippen LogP contribution in [0.5, 0.6) is 0 Å². The summed E-state index contributed by atoms with van der Waals surface area (Å²) in [5, 5.41) is 0. The minimum absolute atomic E-state index is 0.236. The molecule has 4 aliphatic rings. The maximum atomic E-state index is 5.28. The molecule has 0 radical (unpaired) electrons. The molecule has 2 atom stereocenters. The summed E-state index contributed by atoms with van der Waals surface area (Å²) in [4.78, 5) is 4.50. The van der Waals surface area contributed by atoms with Crippen LogP contribution in [0.4, 0.5) is 0 Å². The Kier molecular flexibility index (Phi) is 1.08. The van der Waals surface area contributed by atoms with E-state index in [-0.39, 0.29) is 6.04 Å². The van der Waals surface area contributed by atoms with Crippen molar-refractivity contribution in [3.05, 3.63) is 24.3 Å². The third-order valence-corrected chi connectivity index (χ3v) is 2.96. The van der Waals surface area contributed by atoms with Gasteiger partial charge >= 0.3 is 0 Å². The van der Waals surface area contributed by atoms with Crippen molar-refractivity contribution in [3.63, 3.8) is 0 Å². The Morgan fingerprint density at radius 3 is 2.42 bits per heavy atom. The summed E-state index contributed by atoms with van der Waals surface area (Å²) in [6.07, 6.45) is 8.92. The summed E-state index contributed by atoms with van der Waals surface area (Å²) >= 11 is 0. The van der Waals surface area contributed by atoms with E-state index in [9.17, 15) is 0 Å². The third kappa shape index (κ3) is 0.675. The Bertz CT molecular complexity index is 283. The summed E-state index contributed by atoms with van der Waals surface area (Å²) in [5.74, 6) is 2.85. The summed E-state index contributed by atoms with van der Waals surface area (Å²) in [6, 6.07) is 0.236. The van der Waals surface area contributed by atoms with Gasteiger partial charge in [-0.25, -0.2) is 4.99 Å². The number of allylic oxidation sites excluding steroid dienone is 2. The number of aliphatic imine (C=N–C) groups is 1. The fourth-order valence-electron chi connectivity index (χ4n) is 2.24. The average molecular weight is 161 g/mol. The van der Waals surface area contributed by atoms with E-state index in [2.05, 4.69) is 29.3 Å². The highest BCUT2D eigenvalue weighted by Crippen LogP contribution is 2.52. The SMILES string of the molecule is COC1=NC2C=C[C@H]3C1[C@@H]3C=C2. The van der Waals surface area contributed by atoms with E-state index in [0.717, 1.165) is 5.90 Å². The zero-order valence-corrected chi connectivity index (χ0v) is 6.97. The van der Waals surface area contributed by atoms with E-state index in [4.69, 9.17) is 4.74 Å². The Morgan fingerprint density at radius 1 is 1.17 bits per heavy atom. The van der Waals surface area contributed by atoms with Gasteiger partial charge in [-0.2, -0.15) is 0 Å². The fraction of sp³-hybridized carbons (Fsp3) is 0.500. The van der Waals surface area contributed by atoms with Gasteiger partial charge in [0.2, 0.25) is 0 Å². The van der Waals surface area contributed by atoms with Gasteiger partial charge in [0.05, 0.1) is 13.2 Å². The molecule has 0 aromatic rings. The van der Waals surface area contributed by atoms with Crippen LogP contribution in [0.25, 0.3) is 0 Å². The molecule has 0 aromatic heterocycles. The van der Waals surface area contributed by atoms with Gasteiger partial charge in [-0.05, 0) is 11.8 Å². The van der Waals surface area contributed by atoms with Crippen LogP contribution in [0.3, 0.4) is 0 Å². The second kappa shape index (κ2) is 2.00. The zero-order chi connectivity index (χ0) is 8.13. The predicted molar refractivity (Wildman–Crippen MR) is 47.0 cm³/mol. The van der Waals surface area contributed by atoms with Gasteiger partial charge in [0.25, 0.3) is 0 Å². The van der Waals surface area contributed by atoms with Gasteiger partial charge in [-0.1, -0.05) is 24.3 Å². The van der Waals surface area contributed by atoms with E-state index < -0.39 is 0 Å². The first-order valence-electron chi connectivity index (χ1n) is 4.38. The molecular formula is C10H11NO. The molecule has 0 aromatic carbocycles. The van der Waals surface area contributed by atoms with Gasteiger partial charge in [0.1, 0.15) is 0 Å². The van der Waals surface area contributed by atoms with Crippen molar-refractivity contribution in [2.45, 2.75) is 6.04 Å². The van der Waals surface area contributed by atoms with E-state index in [0.29, 0.717) is 17.8 Å². The smallest absolute Gasteiger partial charge is 0.188 e. The molecule has 0 N–H and O–H groups in total. The lowest BCUT2D eigenvalue weighted by molar-refractivity contribution is 0.382. The molecule has 0 unspecified atom stereocenters. The highest BCUT2D eigenvalue weighted by atomic mass is 16.5. The maximum Gasteiger partial charge on any atom is 0.188 e. The monoisotopic (exact) mass is 161 g/mol. The molecule has 4 bridgehead atoms. The Labute approximate surface area is 71.6 Å². The number of nitrogens with zero attached hydrogens (tertiary/aromatic N) is 1. The normalized spacial score (nSPS) is 46.6. The van der Waals surface area contributed by atoms with Gasteiger partial charge in [-0.3, -0.25) is 0 Å². The molecule has 0 saturated heterocycles. The summed E-state index contributed by atoms with van der Waals surface area (Å²) in [5.41, 5.74) is 0. The fourth-order valence-corrected chi connectivity index (χ4v) is 2.24. The molecule has 2 heterocycles. The molecule has 0 spiro atoms. The number of methoxy groups -OCH3 is 1. The van der Waals surface area contributed by atoms with Crippen LogP contribution in [-0.4, -0.2) is 19.0 Å². The number of hydrogen-bond acceptors (Lipinski definition) is 2. The van der Waals surface area contributed by atoms with Crippen molar-refractivity contribution in [2.75, 3.05) is 7.11 Å². The number of ether oxygens (including phenoxy) is 1. The van der Waals surface area contributed by atoms with E-state index >= 15 is 0 Å². The van der Waals surface area contributed by atoms with Crippen LogP contribution in [0.1, 0.15) is 0 Å². The van der Waals surface area contributed by atoms with Crippen molar-refractivity contribution < 1.29 is 4.74 Å². The molecular weight excluding hydrogens is 150 g/mol. The maximum absolute atomic E-state index is 5.28. The molecule has 62 valence electrons. The minimum atomic E-state index is 0.236. The molecule has 2 nitrogen and oxygen atoms in total. The first-order valence-corrected chi connectivity index (χ1v) is 4.38. The molecule has 0 amide bonds. The first kappa shape index (κ1) is 6.46. The third-order valence-electron chi connectivity index (χ3n) is 2.96. The highest BCUT2D eigenvalue weighted by Gasteiger charge is 2.53. The van der Waals surface area contributed by atoms with E-state index in [1.807, 2.05) is 0 Å². The number of hydrogen-bond donors (Lipinski definition) is 0. The molecule has 12 heavy (non-hydrogen) atoms. The lowest BCUT2D eigenvalue weighted by Crippen LogP contribution is -2.07. The Morgan fingerprint density at radius 2 is 1.83 bits per heavy atom. The van der Waals surface area contributed by atoms with Crippen LogP contribution in [0.2, 0.25) is 0 Å². The number of rotatable bonds is 0. The van der Waals surface area contributed by atoms with Crippen molar-refractivity contribution in [1.82, 2.24) is 0 Å². The van der Waals surface area contributed by atoms with Crippen LogP contribution in [0.15, 0.2) is 29.3 Å². The van der Waals surface area contributed by atoms with Crippen molar-refractivity contribution in [2.24, 2.45) is 22.7 Å². The lowest BCUT2D eigenvalue weighted by Gasteiger charge is -2.03. The highest BCUT2D eigenvalue weighted by molar-refractivity contribution is 5.84. The molecule has 4 rings (SSSR count). The van der Waals surface area contributed by atoms with Gasteiger partial charge < -0.3 is 4.74 Å². The van der Waals surface area contributed by atoms with Gasteiger partial charge in [0, 0.05) is 5.92 Å². The van der Waals surface area contributed by atoms with Crippen LogP contribution >= 0.6 is 0 Å². The quantitative estimate of drug-likeness (QED) is 0.492. The van der Waals surface area contributed by atoms with Gasteiger partial charge in [-0.15, -0.1) is 0 Å². The Hall–Kier alpha value is -1.05. The second-order valence-corrected chi connectivity index (χ2v) is 3.61. The van der Waals surface area contributed by atoms with E-state index in [1.165, 1.54) is 0 Å². The van der Waals surface area contributed by atoms with Crippen molar-refractivity contribution in [1.29, 1.82) is 0 Å². The second-order valence-electron chi connectivity index (χ2n) is 3.61. The van der Waals surface area contributed by atoms with E-state index in [1.54, 1.807) is 7.11 Å². The summed E-state index contributed by atoms with van der Waals surface area (Å²) in [7, 11) is 1.72. The molecule has 2 aliphatic carbocycles. The predicted octanol–water partition coefficient (Wildman–Crippen LogP) is 1.40. The van der Waals surface area contributed by atoms with Crippen LogP contribution in [0, 0.1) is 17.8 Å². The molecule has 2 aliphatic heterocycles. The largest absolute Gasteiger partial charge is 0.484 e. The standard InChI is InChI=1S/C10H11NO/c1-12-10-9-7-4-2-6(11-10)3-5-8(7)9/h2-9H,1H3/t6?,7-,8-,9?/m1/s1. The molecule has 2 heteroatoms. The minimum Gasteiger partial charge on any atom is -0.484 e. The topological polar surface area (TPSA) is 21.6 Å². The van der Waals surface area contributed by atoms with Crippen molar-refractivity contribution >= 4 is 5.90 Å². The molecule has 1 fully saturated rings. The van der Waals surface area contributed by atoms with Crippen LogP contribution in [-0.2, 0) is 4.74 Å².